The van der Waals surface area contributed by atoms with Crippen molar-refractivity contribution < 1.29 is 4.74 Å². The van der Waals surface area contributed by atoms with E-state index in [4.69, 9.17) is 4.74 Å². The third kappa shape index (κ3) is 4.23. The molecule has 0 aromatic carbocycles. The van der Waals surface area contributed by atoms with Gasteiger partial charge in [0, 0.05) is 38.2 Å². The van der Waals surface area contributed by atoms with Gasteiger partial charge in [-0.1, -0.05) is 6.92 Å². The van der Waals surface area contributed by atoms with E-state index in [1.165, 1.54) is 0 Å². The zero-order valence-corrected chi connectivity index (χ0v) is 10.6. The third-order valence-electron chi connectivity index (χ3n) is 2.32. The van der Waals surface area contributed by atoms with Gasteiger partial charge in [-0.15, -0.1) is 0 Å². The summed E-state index contributed by atoms with van der Waals surface area (Å²) in [6, 6.07) is 0.446. The zero-order chi connectivity index (χ0) is 11.8. The van der Waals surface area contributed by atoms with E-state index in [-0.39, 0.29) is 0 Å². The molecule has 0 amide bonds. The van der Waals surface area contributed by atoms with E-state index in [1.807, 2.05) is 12.4 Å². The van der Waals surface area contributed by atoms with Crippen molar-refractivity contribution in [2.24, 2.45) is 0 Å². The Morgan fingerprint density at radius 2 is 2.25 bits per heavy atom. The molecule has 0 spiro atoms. The van der Waals surface area contributed by atoms with E-state index in [9.17, 15) is 0 Å². The Bertz CT molecular complexity index is 284. The van der Waals surface area contributed by atoms with Gasteiger partial charge < -0.3 is 14.6 Å². The fourth-order valence-electron chi connectivity index (χ4n) is 1.49. The highest BCUT2D eigenvalue weighted by Gasteiger charge is 2.03. The van der Waals surface area contributed by atoms with Crippen LogP contribution >= 0.6 is 0 Å². The largest absolute Gasteiger partial charge is 0.381 e. The van der Waals surface area contributed by atoms with Crippen LogP contribution in [0.25, 0.3) is 0 Å². The molecule has 1 heterocycles. The van der Waals surface area contributed by atoms with E-state index < -0.39 is 0 Å². The minimum Gasteiger partial charge on any atom is -0.381 e. The van der Waals surface area contributed by atoms with Gasteiger partial charge in [0.25, 0.3) is 0 Å². The molecule has 1 N–H and O–H groups in total. The minimum atomic E-state index is 0.446. The highest BCUT2D eigenvalue weighted by molar-refractivity contribution is 5.26. The molecule has 0 aliphatic carbocycles. The smallest absolute Gasteiger partial charge is 0.203 e. The number of ether oxygens (including phenoxy) is 1. The van der Waals surface area contributed by atoms with Crippen molar-refractivity contribution in [2.75, 3.05) is 25.1 Å². The quantitative estimate of drug-likeness (QED) is 0.691. The van der Waals surface area contributed by atoms with Crippen molar-refractivity contribution in [2.45, 2.75) is 39.7 Å². The number of hydrogen-bond acceptors (Lipinski definition) is 3. The molecule has 4 heteroatoms. The van der Waals surface area contributed by atoms with Gasteiger partial charge >= 0.3 is 0 Å². The van der Waals surface area contributed by atoms with Crippen molar-refractivity contribution in [3.63, 3.8) is 0 Å². The summed E-state index contributed by atoms with van der Waals surface area (Å²) in [5.41, 5.74) is 0. The molecule has 0 radical (unpaired) electrons. The van der Waals surface area contributed by atoms with E-state index in [1.54, 1.807) is 0 Å². The predicted molar refractivity (Wildman–Crippen MR) is 66.8 cm³/mol. The molecule has 1 aromatic rings. The van der Waals surface area contributed by atoms with E-state index >= 15 is 0 Å². The molecule has 1 rings (SSSR count). The summed E-state index contributed by atoms with van der Waals surface area (Å²) in [5.74, 6) is 0.950. The standard InChI is InChI=1S/C12H23N3O/c1-4-9-16-10-5-6-13-12-14-7-8-15(12)11(2)3/h7-8,11H,4-6,9-10H2,1-3H3,(H,13,14). The molecule has 92 valence electrons. The van der Waals surface area contributed by atoms with E-state index in [0.717, 1.165) is 38.5 Å². The molecule has 1 aromatic heterocycles. The Labute approximate surface area is 98.0 Å². The van der Waals surface area contributed by atoms with Crippen molar-refractivity contribution >= 4 is 5.95 Å². The van der Waals surface area contributed by atoms with Crippen LogP contribution in [0.5, 0.6) is 0 Å². The second-order valence-corrected chi connectivity index (χ2v) is 4.14. The van der Waals surface area contributed by atoms with Crippen molar-refractivity contribution in [3.8, 4) is 0 Å². The molecule has 0 saturated carbocycles. The number of aromatic nitrogens is 2. The van der Waals surface area contributed by atoms with Crippen molar-refractivity contribution in [1.82, 2.24) is 9.55 Å². The van der Waals surface area contributed by atoms with Crippen LogP contribution in [0.1, 0.15) is 39.7 Å². The Hall–Kier alpha value is -1.03. The minimum absolute atomic E-state index is 0.446. The SMILES string of the molecule is CCCOCCCNc1nccn1C(C)C. The summed E-state index contributed by atoms with van der Waals surface area (Å²) in [4.78, 5) is 4.28. The molecule has 0 saturated heterocycles. The number of anilines is 1. The summed E-state index contributed by atoms with van der Waals surface area (Å²) < 4.78 is 7.54. The average Bonchev–Trinajstić information content (AvgIpc) is 2.71. The number of hydrogen-bond donors (Lipinski definition) is 1. The van der Waals surface area contributed by atoms with Gasteiger partial charge in [-0.3, -0.25) is 0 Å². The molecule has 0 aliphatic rings. The summed E-state index contributed by atoms with van der Waals surface area (Å²) in [7, 11) is 0. The lowest BCUT2D eigenvalue weighted by molar-refractivity contribution is 0.134. The first-order valence-electron chi connectivity index (χ1n) is 6.10. The van der Waals surface area contributed by atoms with Gasteiger partial charge in [-0.25, -0.2) is 4.98 Å². The Kier molecular flexibility index (Phi) is 5.93. The lowest BCUT2D eigenvalue weighted by Gasteiger charge is -2.12. The molecule has 0 bridgehead atoms. The zero-order valence-electron chi connectivity index (χ0n) is 10.6. The fourth-order valence-corrected chi connectivity index (χ4v) is 1.49. The molecular formula is C12H23N3O. The summed E-state index contributed by atoms with van der Waals surface area (Å²) in [6.45, 7) is 9.02. The van der Waals surface area contributed by atoms with E-state index in [0.29, 0.717) is 6.04 Å². The molecule has 0 aliphatic heterocycles. The second-order valence-electron chi connectivity index (χ2n) is 4.14. The lowest BCUT2D eigenvalue weighted by atomic mass is 10.4. The van der Waals surface area contributed by atoms with Gasteiger partial charge in [0.2, 0.25) is 5.95 Å². The van der Waals surface area contributed by atoms with Crippen LogP contribution in [-0.4, -0.2) is 29.3 Å². The first kappa shape index (κ1) is 13.0. The van der Waals surface area contributed by atoms with Crippen LogP contribution in [0.2, 0.25) is 0 Å². The Morgan fingerprint density at radius 3 is 2.94 bits per heavy atom. The second kappa shape index (κ2) is 7.28. The van der Waals surface area contributed by atoms with Gasteiger partial charge in [0.15, 0.2) is 0 Å². The van der Waals surface area contributed by atoms with Crippen LogP contribution in [0.4, 0.5) is 5.95 Å². The van der Waals surface area contributed by atoms with Gasteiger partial charge in [-0.2, -0.15) is 0 Å². The average molecular weight is 225 g/mol. The fraction of sp³-hybridized carbons (Fsp3) is 0.750. The van der Waals surface area contributed by atoms with Crippen LogP contribution in [0.15, 0.2) is 12.4 Å². The van der Waals surface area contributed by atoms with Crippen LogP contribution < -0.4 is 5.32 Å². The predicted octanol–water partition coefficient (Wildman–Crippen LogP) is 2.69. The highest BCUT2D eigenvalue weighted by atomic mass is 16.5. The maximum absolute atomic E-state index is 5.41. The normalized spacial score (nSPS) is 11.0. The maximum atomic E-state index is 5.41. The lowest BCUT2D eigenvalue weighted by Crippen LogP contribution is -2.11. The maximum Gasteiger partial charge on any atom is 0.203 e. The van der Waals surface area contributed by atoms with Crippen LogP contribution in [0.3, 0.4) is 0 Å². The Balaban J connectivity index is 2.19. The highest BCUT2D eigenvalue weighted by Crippen LogP contribution is 2.11. The van der Waals surface area contributed by atoms with Gasteiger partial charge in [-0.05, 0) is 26.7 Å². The molecule has 0 fully saturated rings. The van der Waals surface area contributed by atoms with E-state index in [2.05, 4.69) is 35.6 Å². The van der Waals surface area contributed by atoms with Crippen molar-refractivity contribution in [1.29, 1.82) is 0 Å². The first-order valence-corrected chi connectivity index (χ1v) is 6.10. The number of nitrogens with zero attached hydrogens (tertiary/aromatic N) is 2. The molecule has 16 heavy (non-hydrogen) atoms. The summed E-state index contributed by atoms with van der Waals surface area (Å²) >= 11 is 0. The van der Waals surface area contributed by atoms with Crippen LogP contribution in [-0.2, 0) is 4.74 Å². The van der Waals surface area contributed by atoms with Gasteiger partial charge in [0.05, 0.1) is 0 Å². The number of rotatable bonds is 8. The summed E-state index contributed by atoms with van der Waals surface area (Å²) in [6.07, 6.45) is 5.94. The molecule has 0 unspecified atom stereocenters. The topological polar surface area (TPSA) is 39.1 Å². The summed E-state index contributed by atoms with van der Waals surface area (Å²) in [5, 5.41) is 3.32. The Morgan fingerprint density at radius 1 is 1.44 bits per heavy atom. The van der Waals surface area contributed by atoms with Gasteiger partial charge in [0.1, 0.15) is 0 Å². The molecule has 0 atom stereocenters. The molecule has 4 nitrogen and oxygen atoms in total. The third-order valence-corrected chi connectivity index (χ3v) is 2.32. The van der Waals surface area contributed by atoms with Crippen LogP contribution in [0, 0.1) is 0 Å². The number of nitrogens with one attached hydrogen (secondary N) is 1. The monoisotopic (exact) mass is 225 g/mol. The molecular weight excluding hydrogens is 202 g/mol. The number of imidazole rings is 1. The van der Waals surface area contributed by atoms with Crippen molar-refractivity contribution in [3.05, 3.63) is 12.4 Å². The first-order chi connectivity index (χ1) is 7.75.